The number of rotatable bonds is 6. The molecule has 1 aromatic rings. The first-order chi connectivity index (χ1) is 11.1. The van der Waals surface area contributed by atoms with E-state index in [0.717, 1.165) is 36.8 Å². The molecule has 0 saturated heterocycles. The van der Waals surface area contributed by atoms with Crippen LogP contribution < -0.4 is 10.6 Å². The second kappa shape index (κ2) is 8.89. The zero-order chi connectivity index (χ0) is 16.7. The number of urea groups is 1. The minimum Gasteiger partial charge on any atom is -0.392 e. The normalized spacial score (nSPS) is 21.2. The molecule has 0 aliphatic heterocycles. The van der Waals surface area contributed by atoms with Crippen LogP contribution in [0, 0.1) is 0 Å². The molecule has 0 radical (unpaired) electrons. The average molecular weight is 320 g/mol. The van der Waals surface area contributed by atoms with E-state index in [0.29, 0.717) is 12.6 Å². The van der Waals surface area contributed by atoms with Gasteiger partial charge < -0.3 is 20.5 Å². The Morgan fingerprint density at radius 2 is 1.87 bits per heavy atom. The maximum absolute atomic E-state index is 12.0. The average Bonchev–Trinajstić information content (AvgIpc) is 2.54. The number of carbonyl (C=O) groups excluding carboxylic acids is 1. The van der Waals surface area contributed by atoms with Gasteiger partial charge in [-0.3, -0.25) is 0 Å². The number of ether oxygens (including phenoxy) is 1. The number of aliphatic hydroxyl groups is 1. The van der Waals surface area contributed by atoms with Crippen LogP contribution in [0.1, 0.15) is 50.7 Å². The molecule has 1 saturated carbocycles. The first-order valence-electron chi connectivity index (χ1n) is 8.46. The molecule has 1 aliphatic carbocycles. The van der Waals surface area contributed by atoms with Crippen LogP contribution in [-0.2, 0) is 17.9 Å². The zero-order valence-corrected chi connectivity index (χ0v) is 14.0. The molecular weight excluding hydrogens is 292 g/mol. The van der Waals surface area contributed by atoms with E-state index in [1.54, 1.807) is 0 Å². The molecule has 0 aromatic heterocycles. The molecule has 128 valence electrons. The standard InChI is InChI=1S/C18H28N2O3/c1-13(2)23-17-9-7-16(8-10-17)20-18(22)19-11-14-5-3-4-6-15(14)12-21/h3-6,13,16-17,21H,7-12H2,1-2H3,(H2,19,20,22). The molecule has 0 spiro atoms. The summed E-state index contributed by atoms with van der Waals surface area (Å²) in [7, 11) is 0. The molecule has 0 bridgehead atoms. The van der Waals surface area contributed by atoms with E-state index >= 15 is 0 Å². The fraction of sp³-hybridized carbons (Fsp3) is 0.611. The van der Waals surface area contributed by atoms with Gasteiger partial charge in [-0.25, -0.2) is 4.79 Å². The molecule has 1 fully saturated rings. The van der Waals surface area contributed by atoms with E-state index < -0.39 is 0 Å². The lowest BCUT2D eigenvalue weighted by atomic mass is 9.93. The number of amides is 2. The summed E-state index contributed by atoms with van der Waals surface area (Å²) in [6, 6.07) is 7.64. The van der Waals surface area contributed by atoms with E-state index in [4.69, 9.17) is 4.74 Å². The molecule has 3 N–H and O–H groups in total. The Morgan fingerprint density at radius 1 is 1.22 bits per heavy atom. The number of benzene rings is 1. The minimum atomic E-state index is -0.147. The third kappa shape index (κ3) is 5.84. The van der Waals surface area contributed by atoms with Crippen molar-refractivity contribution in [3.05, 3.63) is 35.4 Å². The summed E-state index contributed by atoms with van der Waals surface area (Å²) in [5.74, 6) is 0. The minimum absolute atomic E-state index is 0.0145. The monoisotopic (exact) mass is 320 g/mol. The van der Waals surface area contributed by atoms with Crippen molar-refractivity contribution in [1.29, 1.82) is 0 Å². The number of nitrogens with one attached hydrogen (secondary N) is 2. The summed E-state index contributed by atoms with van der Waals surface area (Å²) in [6.07, 6.45) is 4.50. The Morgan fingerprint density at radius 3 is 2.48 bits per heavy atom. The van der Waals surface area contributed by atoms with Crippen LogP contribution in [-0.4, -0.2) is 29.4 Å². The lowest BCUT2D eigenvalue weighted by molar-refractivity contribution is -0.0155. The second-order valence-corrected chi connectivity index (χ2v) is 6.41. The van der Waals surface area contributed by atoms with E-state index in [9.17, 15) is 9.90 Å². The summed E-state index contributed by atoms with van der Waals surface area (Å²) in [5, 5.41) is 15.2. The smallest absolute Gasteiger partial charge is 0.315 e. The lowest BCUT2D eigenvalue weighted by Gasteiger charge is -2.30. The highest BCUT2D eigenvalue weighted by Crippen LogP contribution is 2.22. The molecule has 5 heteroatoms. The van der Waals surface area contributed by atoms with Crippen molar-refractivity contribution in [3.8, 4) is 0 Å². The first kappa shape index (κ1) is 17.8. The van der Waals surface area contributed by atoms with Crippen molar-refractivity contribution >= 4 is 6.03 Å². The number of hydrogen-bond acceptors (Lipinski definition) is 3. The molecule has 23 heavy (non-hydrogen) atoms. The molecule has 5 nitrogen and oxygen atoms in total. The van der Waals surface area contributed by atoms with Gasteiger partial charge in [0.2, 0.25) is 0 Å². The summed E-state index contributed by atoms with van der Waals surface area (Å²) in [4.78, 5) is 12.0. The fourth-order valence-corrected chi connectivity index (χ4v) is 3.02. The molecule has 0 heterocycles. The molecule has 0 unspecified atom stereocenters. The molecule has 2 amide bonds. The summed E-state index contributed by atoms with van der Waals surface area (Å²) in [6.45, 7) is 4.53. The van der Waals surface area contributed by atoms with Gasteiger partial charge in [-0.05, 0) is 50.7 Å². The van der Waals surface area contributed by atoms with Gasteiger partial charge in [0.25, 0.3) is 0 Å². The first-order valence-corrected chi connectivity index (χ1v) is 8.46. The highest BCUT2D eigenvalue weighted by molar-refractivity contribution is 5.74. The Balaban J connectivity index is 1.71. The van der Waals surface area contributed by atoms with Gasteiger partial charge in [0.15, 0.2) is 0 Å². The third-order valence-corrected chi connectivity index (χ3v) is 4.20. The summed E-state index contributed by atoms with van der Waals surface area (Å²) in [5.41, 5.74) is 1.79. The Bertz CT molecular complexity index is 497. The van der Waals surface area contributed by atoms with Crippen molar-refractivity contribution in [2.24, 2.45) is 0 Å². The van der Waals surface area contributed by atoms with Gasteiger partial charge in [0.1, 0.15) is 0 Å². The van der Waals surface area contributed by atoms with E-state index in [1.807, 2.05) is 24.3 Å². The SMILES string of the molecule is CC(C)OC1CCC(NC(=O)NCc2ccccc2CO)CC1. The van der Waals surface area contributed by atoms with Crippen molar-refractivity contribution in [2.45, 2.75) is 70.9 Å². The largest absolute Gasteiger partial charge is 0.392 e. The molecule has 1 aliphatic rings. The van der Waals surface area contributed by atoms with E-state index in [-0.39, 0.29) is 24.8 Å². The van der Waals surface area contributed by atoms with Crippen molar-refractivity contribution in [2.75, 3.05) is 0 Å². The van der Waals surface area contributed by atoms with Crippen LogP contribution >= 0.6 is 0 Å². The van der Waals surface area contributed by atoms with Crippen LogP contribution in [0.5, 0.6) is 0 Å². The maximum Gasteiger partial charge on any atom is 0.315 e. The Kier molecular flexibility index (Phi) is 6.86. The van der Waals surface area contributed by atoms with Crippen LogP contribution in [0.2, 0.25) is 0 Å². The van der Waals surface area contributed by atoms with Crippen molar-refractivity contribution in [3.63, 3.8) is 0 Å². The van der Waals surface area contributed by atoms with Crippen molar-refractivity contribution in [1.82, 2.24) is 10.6 Å². The van der Waals surface area contributed by atoms with Crippen LogP contribution in [0.4, 0.5) is 4.79 Å². The van der Waals surface area contributed by atoms with Crippen molar-refractivity contribution < 1.29 is 14.6 Å². The third-order valence-electron chi connectivity index (χ3n) is 4.20. The van der Waals surface area contributed by atoms with Gasteiger partial charge in [0.05, 0.1) is 18.8 Å². The van der Waals surface area contributed by atoms with Gasteiger partial charge in [0, 0.05) is 12.6 Å². The molecule has 2 rings (SSSR count). The summed E-state index contributed by atoms with van der Waals surface area (Å²) < 4.78 is 5.82. The highest BCUT2D eigenvalue weighted by Gasteiger charge is 2.23. The Hall–Kier alpha value is -1.59. The van der Waals surface area contributed by atoms with Gasteiger partial charge in [-0.2, -0.15) is 0 Å². The molecular formula is C18H28N2O3. The van der Waals surface area contributed by atoms with E-state index in [2.05, 4.69) is 24.5 Å². The fourth-order valence-electron chi connectivity index (χ4n) is 3.02. The number of carbonyl (C=O) groups is 1. The maximum atomic E-state index is 12.0. The van der Waals surface area contributed by atoms with Gasteiger partial charge in [-0.15, -0.1) is 0 Å². The van der Waals surface area contributed by atoms with Crippen LogP contribution in [0.25, 0.3) is 0 Å². The van der Waals surface area contributed by atoms with Crippen LogP contribution in [0.15, 0.2) is 24.3 Å². The topological polar surface area (TPSA) is 70.6 Å². The number of aliphatic hydroxyl groups excluding tert-OH is 1. The predicted molar refractivity (Wildman–Crippen MR) is 90.0 cm³/mol. The Labute approximate surface area is 138 Å². The second-order valence-electron chi connectivity index (χ2n) is 6.41. The highest BCUT2D eigenvalue weighted by atomic mass is 16.5. The van der Waals surface area contributed by atoms with Crippen LogP contribution in [0.3, 0.4) is 0 Å². The molecule has 0 atom stereocenters. The predicted octanol–water partition coefficient (Wildman–Crippen LogP) is 2.71. The number of hydrogen-bond donors (Lipinski definition) is 3. The van der Waals surface area contributed by atoms with Gasteiger partial charge in [-0.1, -0.05) is 24.3 Å². The quantitative estimate of drug-likeness (QED) is 0.755. The summed E-state index contributed by atoms with van der Waals surface area (Å²) >= 11 is 0. The molecule has 1 aromatic carbocycles. The van der Waals surface area contributed by atoms with E-state index in [1.165, 1.54) is 0 Å². The zero-order valence-electron chi connectivity index (χ0n) is 14.0. The lowest BCUT2D eigenvalue weighted by Crippen LogP contribution is -2.44. The van der Waals surface area contributed by atoms with Gasteiger partial charge >= 0.3 is 6.03 Å².